The van der Waals surface area contributed by atoms with Crippen molar-refractivity contribution in [3.8, 4) is 0 Å². The molecule has 0 aliphatic carbocycles. The fourth-order valence-corrected chi connectivity index (χ4v) is 1.01. The van der Waals surface area contributed by atoms with Gasteiger partial charge in [-0.15, -0.1) is 12.4 Å². The van der Waals surface area contributed by atoms with E-state index >= 15 is 0 Å². The largest absolute Gasteiger partial charge is 0.394 e. The second-order valence-corrected chi connectivity index (χ2v) is 2.67. The van der Waals surface area contributed by atoms with Gasteiger partial charge in [0.1, 0.15) is 0 Å². The van der Waals surface area contributed by atoms with Crippen molar-refractivity contribution in [1.82, 2.24) is 0 Å². The molecule has 0 amide bonds. The summed E-state index contributed by atoms with van der Waals surface area (Å²) in [5.74, 6) is -6.23. The van der Waals surface area contributed by atoms with Crippen LogP contribution >= 0.6 is 12.4 Å². The Hall–Kier alpha value is -0.850. The zero-order valence-electron chi connectivity index (χ0n) is 7.31. The summed E-state index contributed by atoms with van der Waals surface area (Å²) in [4.78, 5) is 0. The van der Waals surface area contributed by atoms with E-state index in [1.54, 1.807) is 0 Å². The van der Waals surface area contributed by atoms with Gasteiger partial charge in [0.25, 0.3) is 0 Å². The molecule has 0 aromatic heterocycles. The molecule has 0 spiro atoms. The van der Waals surface area contributed by atoms with E-state index in [0.29, 0.717) is 0 Å². The van der Waals surface area contributed by atoms with E-state index in [-0.39, 0.29) is 18.5 Å². The summed E-state index contributed by atoms with van der Waals surface area (Å²) in [6.45, 7) is -0.809. The predicted molar refractivity (Wildman–Crippen MR) is 47.5 cm³/mol. The van der Waals surface area contributed by atoms with Crippen molar-refractivity contribution >= 4 is 12.4 Å². The Morgan fingerprint density at radius 2 is 1.53 bits per heavy atom. The van der Waals surface area contributed by atoms with E-state index in [9.17, 15) is 17.6 Å². The first-order chi connectivity index (χ1) is 6.49. The van der Waals surface area contributed by atoms with Crippen LogP contribution in [0.15, 0.2) is 6.07 Å². The third-order valence-corrected chi connectivity index (χ3v) is 1.71. The normalized spacial score (nSPS) is 12.1. The fourth-order valence-electron chi connectivity index (χ4n) is 1.01. The third kappa shape index (κ3) is 2.58. The van der Waals surface area contributed by atoms with Crippen LogP contribution in [0, 0.1) is 23.3 Å². The number of hydrogen-bond donors (Lipinski definition) is 2. The summed E-state index contributed by atoms with van der Waals surface area (Å²) in [6.07, 6.45) is 0. The highest BCUT2D eigenvalue weighted by atomic mass is 35.5. The maximum Gasteiger partial charge on any atom is 0.166 e. The zero-order valence-corrected chi connectivity index (χ0v) is 8.12. The molecule has 0 saturated heterocycles. The van der Waals surface area contributed by atoms with E-state index in [1.165, 1.54) is 0 Å². The molecular formula is C8H8ClF4NO. The molecule has 2 nitrogen and oxygen atoms in total. The second-order valence-electron chi connectivity index (χ2n) is 2.67. The number of halogens is 5. The maximum atomic E-state index is 12.9. The Balaban J connectivity index is 0.00000196. The Morgan fingerprint density at radius 3 is 1.87 bits per heavy atom. The van der Waals surface area contributed by atoms with Crippen LogP contribution in [0.3, 0.4) is 0 Å². The summed E-state index contributed by atoms with van der Waals surface area (Å²) in [6, 6.07) is -1.40. The Labute approximate surface area is 89.1 Å². The number of benzene rings is 1. The number of aliphatic hydroxyl groups is 1. The van der Waals surface area contributed by atoms with E-state index in [1.807, 2.05) is 0 Å². The molecule has 86 valence electrons. The van der Waals surface area contributed by atoms with Crippen LogP contribution in [0.4, 0.5) is 17.6 Å². The fraction of sp³-hybridized carbons (Fsp3) is 0.250. The van der Waals surface area contributed by atoms with Gasteiger partial charge in [-0.1, -0.05) is 0 Å². The summed E-state index contributed by atoms with van der Waals surface area (Å²) in [5, 5.41) is 8.52. The average molecular weight is 246 g/mol. The van der Waals surface area contributed by atoms with Gasteiger partial charge in [-0.25, -0.2) is 17.6 Å². The minimum Gasteiger partial charge on any atom is -0.394 e. The summed E-state index contributed by atoms with van der Waals surface area (Å²) >= 11 is 0. The van der Waals surface area contributed by atoms with Crippen LogP contribution in [-0.2, 0) is 0 Å². The molecule has 1 rings (SSSR count). The number of hydrogen-bond acceptors (Lipinski definition) is 2. The van der Waals surface area contributed by atoms with Gasteiger partial charge >= 0.3 is 0 Å². The molecule has 1 aromatic carbocycles. The Morgan fingerprint density at radius 1 is 1.13 bits per heavy atom. The molecule has 0 radical (unpaired) electrons. The molecule has 0 unspecified atom stereocenters. The van der Waals surface area contributed by atoms with Crippen LogP contribution < -0.4 is 5.73 Å². The minimum absolute atomic E-state index is 0. The van der Waals surface area contributed by atoms with Crippen molar-refractivity contribution in [3.05, 3.63) is 34.9 Å². The van der Waals surface area contributed by atoms with Crippen molar-refractivity contribution in [2.45, 2.75) is 6.04 Å². The van der Waals surface area contributed by atoms with Gasteiger partial charge in [0.2, 0.25) is 0 Å². The van der Waals surface area contributed by atoms with E-state index in [0.717, 1.165) is 0 Å². The molecule has 0 saturated carbocycles. The van der Waals surface area contributed by atoms with Gasteiger partial charge in [0.15, 0.2) is 23.3 Å². The number of aliphatic hydroxyl groups excluding tert-OH is 1. The van der Waals surface area contributed by atoms with Crippen molar-refractivity contribution in [2.24, 2.45) is 5.73 Å². The average Bonchev–Trinajstić information content (AvgIpc) is 2.15. The number of rotatable bonds is 2. The highest BCUT2D eigenvalue weighted by Gasteiger charge is 2.23. The molecule has 7 heteroatoms. The molecule has 0 aliphatic heterocycles. The number of nitrogens with two attached hydrogens (primary N) is 1. The van der Waals surface area contributed by atoms with Gasteiger partial charge in [0.05, 0.1) is 12.6 Å². The van der Waals surface area contributed by atoms with Gasteiger partial charge in [-0.3, -0.25) is 0 Å². The first kappa shape index (κ1) is 14.2. The summed E-state index contributed by atoms with van der Waals surface area (Å²) in [7, 11) is 0. The summed E-state index contributed by atoms with van der Waals surface area (Å²) < 4.78 is 51.0. The third-order valence-electron chi connectivity index (χ3n) is 1.71. The molecule has 1 aromatic rings. The molecule has 1 atom stereocenters. The maximum absolute atomic E-state index is 12.9. The van der Waals surface area contributed by atoms with Crippen molar-refractivity contribution in [2.75, 3.05) is 6.61 Å². The molecule has 15 heavy (non-hydrogen) atoms. The zero-order chi connectivity index (χ0) is 10.9. The second kappa shape index (κ2) is 5.29. The lowest BCUT2D eigenvalue weighted by Crippen LogP contribution is -2.19. The Bertz CT molecular complexity index is 335. The van der Waals surface area contributed by atoms with E-state index in [4.69, 9.17) is 10.8 Å². The van der Waals surface area contributed by atoms with E-state index in [2.05, 4.69) is 0 Å². The molecule has 0 heterocycles. The van der Waals surface area contributed by atoms with Gasteiger partial charge in [-0.05, 0) is 0 Å². The van der Waals surface area contributed by atoms with Crippen LogP contribution in [0.25, 0.3) is 0 Å². The van der Waals surface area contributed by atoms with Crippen LogP contribution in [-0.4, -0.2) is 11.7 Å². The first-order valence-corrected chi connectivity index (χ1v) is 3.68. The molecule has 0 bridgehead atoms. The lowest BCUT2D eigenvalue weighted by molar-refractivity contribution is 0.259. The molecular weight excluding hydrogens is 238 g/mol. The monoisotopic (exact) mass is 245 g/mol. The van der Waals surface area contributed by atoms with Gasteiger partial charge in [-0.2, -0.15) is 0 Å². The lowest BCUT2D eigenvalue weighted by atomic mass is 10.1. The van der Waals surface area contributed by atoms with Gasteiger partial charge < -0.3 is 10.8 Å². The summed E-state index contributed by atoms with van der Waals surface area (Å²) in [5.41, 5.74) is 4.09. The highest BCUT2D eigenvalue weighted by molar-refractivity contribution is 5.85. The predicted octanol–water partition coefficient (Wildman–Crippen LogP) is 1.66. The Kier molecular flexibility index (Phi) is 4.99. The molecule has 0 fully saturated rings. The lowest BCUT2D eigenvalue weighted by Gasteiger charge is -2.11. The van der Waals surface area contributed by atoms with Crippen LogP contribution in [0.1, 0.15) is 11.6 Å². The van der Waals surface area contributed by atoms with Crippen molar-refractivity contribution < 1.29 is 22.7 Å². The van der Waals surface area contributed by atoms with Crippen molar-refractivity contribution in [3.63, 3.8) is 0 Å². The van der Waals surface area contributed by atoms with Gasteiger partial charge in [0, 0.05) is 11.6 Å². The minimum atomic E-state index is -1.58. The molecule has 3 N–H and O–H groups in total. The standard InChI is InChI=1S/C8H7F4NO.ClH/c9-3-1-4(10)8(12)6(7(3)11)5(13)2-14;/h1,5,14H,2,13H2;1H/t5-;/m1./s1. The first-order valence-electron chi connectivity index (χ1n) is 3.68. The van der Waals surface area contributed by atoms with E-state index < -0.39 is 41.5 Å². The van der Waals surface area contributed by atoms with Crippen LogP contribution in [0.5, 0.6) is 0 Å². The molecule has 0 aliphatic rings. The SMILES string of the molecule is Cl.N[C@H](CO)c1c(F)c(F)cc(F)c1F. The van der Waals surface area contributed by atoms with Crippen LogP contribution in [0.2, 0.25) is 0 Å². The van der Waals surface area contributed by atoms with Crippen molar-refractivity contribution in [1.29, 1.82) is 0 Å². The topological polar surface area (TPSA) is 46.2 Å². The quantitative estimate of drug-likeness (QED) is 0.615. The smallest absolute Gasteiger partial charge is 0.166 e. The highest BCUT2D eigenvalue weighted by Crippen LogP contribution is 2.23.